The van der Waals surface area contributed by atoms with Gasteiger partial charge in [0.25, 0.3) is 0 Å². The molecular formula is C28H38O5. The van der Waals surface area contributed by atoms with Crippen molar-refractivity contribution in [3.05, 3.63) is 64.1 Å². The van der Waals surface area contributed by atoms with Gasteiger partial charge in [-0.3, -0.25) is 0 Å². The molecule has 0 unspecified atom stereocenters. The molecule has 33 heavy (non-hydrogen) atoms. The molecule has 0 radical (unpaired) electrons. The lowest BCUT2D eigenvalue weighted by atomic mass is 10.1. The van der Waals surface area contributed by atoms with Gasteiger partial charge in [-0.1, -0.05) is 36.3 Å². The molecule has 0 saturated carbocycles. The van der Waals surface area contributed by atoms with Gasteiger partial charge in [-0.15, -0.1) is 0 Å². The molecule has 180 valence electrons. The third kappa shape index (κ3) is 8.83. The van der Waals surface area contributed by atoms with Crippen molar-refractivity contribution in [1.29, 1.82) is 0 Å². The van der Waals surface area contributed by atoms with Crippen LogP contribution in [0, 0.1) is 0 Å². The van der Waals surface area contributed by atoms with E-state index in [4.69, 9.17) is 18.6 Å². The molecule has 0 amide bonds. The van der Waals surface area contributed by atoms with Crippen LogP contribution in [0.2, 0.25) is 0 Å². The molecule has 0 spiro atoms. The van der Waals surface area contributed by atoms with Crippen LogP contribution in [0.5, 0.6) is 17.2 Å². The fourth-order valence-corrected chi connectivity index (χ4v) is 3.22. The summed E-state index contributed by atoms with van der Waals surface area (Å²) < 4.78 is 23.2. The van der Waals surface area contributed by atoms with E-state index >= 15 is 0 Å². The largest absolute Gasteiger partial charge is 0.491 e. The molecule has 5 heteroatoms. The van der Waals surface area contributed by atoms with E-state index in [1.807, 2.05) is 38.1 Å². The van der Waals surface area contributed by atoms with E-state index in [0.717, 1.165) is 19.3 Å². The third-order valence-electron chi connectivity index (χ3n) is 4.85. The standard InChI is InChI=1S/C28H38O5/c1-7-8-9-10-17-30-27-26(31-18-16-22(6)13-11-12-20(2)3)24-15-14-23(32-21(4)5)19-25(24)33-28(27)29/h8-9,12,14-16,19,21H,7,10-11,13,17-18H2,1-6H3. The minimum Gasteiger partial charge on any atom is -0.491 e. The number of rotatable bonds is 13. The molecule has 0 N–H and O–H groups in total. The number of allylic oxidation sites excluding steroid dienone is 4. The maximum atomic E-state index is 12.8. The molecule has 2 aromatic rings. The number of hydrogen-bond acceptors (Lipinski definition) is 5. The molecule has 2 rings (SSSR count). The minimum absolute atomic E-state index is 0.0168. The van der Waals surface area contributed by atoms with E-state index in [1.54, 1.807) is 6.07 Å². The first kappa shape index (κ1) is 26.3. The molecule has 0 aliphatic heterocycles. The Morgan fingerprint density at radius 1 is 1.03 bits per heavy atom. The quantitative estimate of drug-likeness (QED) is 0.179. The van der Waals surface area contributed by atoms with Gasteiger partial charge >= 0.3 is 5.63 Å². The lowest BCUT2D eigenvalue weighted by molar-refractivity contribution is 0.242. The number of ether oxygens (including phenoxy) is 3. The second-order valence-corrected chi connectivity index (χ2v) is 8.57. The van der Waals surface area contributed by atoms with Crippen LogP contribution < -0.4 is 19.8 Å². The monoisotopic (exact) mass is 454 g/mol. The predicted octanol–water partition coefficient (Wildman–Crippen LogP) is 7.39. The second kappa shape index (κ2) is 13.6. The molecule has 1 aromatic heterocycles. The van der Waals surface area contributed by atoms with Crippen LogP contribution in [0.1, 0.15) is 67.2 Å². The summed E-state index contributed by atoms with van der Waals surface area (Å²) >= 11 is 0. The zero-order valence-electron chi connectivity index (χ0n) is 20.9. The average Bonchev–Trinajstić information content (AvgIpc) is 2.74. The fourth-order valence-electron chi connectivity index (χ4n) is 3.22. The Hall–Kier alpha value is -2.95. The smallest absolute Gasteiger partial charge is 0.383 e. The lowest BCUT2D eigenvalue weighted by Gasteiger charge is -2.14. The van der Waals surface area contributed by atoms with Gasteiger partial charge in [-0.05, 0) is 78.5 Å². The number of hydrogen-bond donors (Lipinski definition) is 0. The van der Waals surface area contributed by atoms with Gasteiger partial charge < -0.3 is 18.6 Å². The van der Waals surface area contributed by atoms with Gasteiger partial charge in [0.2, 0.25) is 5.75 Å². The fraction of sp³-hybridized carbons (Fsp3) is 0.464. The first-order chi connectivity index (χ1) is 15.8. The van der Waals surface area contributed by atoms with E-state index in [9.17, 15) is 4.79 Å². The highest BCUT2D eigenvalue weighted by atomic mass is 16.5. The zero-order chi connectivity index (χ0) is 24.2. The van der Waals surface area contributed by atoms with Crippen LogP contribution in [-0.4, -0.2) is 19.3 Å². The molecular weight excluding hydrogens is 416 g/mol. The van der Waals surface area contributed by atoms with Gasteiger partial charge in [0.05, 0.1) is 18.1 Å². The van der Waals surface area contributed by atoms with Crippen molar-refractivity contribution in [3.8, 4) is 17.2 Å². The normalized spacial score (nSPS) is 11.9. The Bertz CT molecular complexity index is 1040. The van der Waals surface area contributed by atoms with Crippen molar-refractivity contribution < 1.29 is 18.6 Å². The Balaban J connectivity index is 2.30. The van der Waals surface area contributed by atoms with Crippen LogP contribution in [0.25, 0.3) is 11.0 Å². The molecule has 0 fully saturated rings. The Morgan fingerprint density at radius 3 is 2.52 bits per heavy atom. The van der Waals surface area contributed by atoms with Crippen LogP contribution in [0.4, 0.5) is 0 Å². The van der Waals surface area contributed by atoms with Gasteiger partial charge in [0.15, 0.2) is 5.75 Å². The molecule has 1 aromatic carbocycles. The van der Waals surface area contributed by atoms with Crippen LogP contribution in [0.15, 0.2) is 62.9 Å². The molecule has 0 aliphatic rings. The summed E-state index contributed by atoms with van der Waals surface area (Å²) in [5, 5.41) is 0.681. The van der Waals surface area contributed by atoms with Gasteiger partial charge in [-0.25, -0.2) is 4.79 Å². The van der Waals surface area contributed by atoms with Crippen molar-refractivity contribution in [2.45, 2.75) is 73.3 Å². The Morgan fingerprint density at radius 2 is 1.82 bits per heavy atom. The van der Waals surface area contributed by atoms with Crippen LogP contribution in [0.3, 0.4) is 0 Å². The first-order valence-corrected chi connectivity index (χ1v) is 11.8. The molecule has 0 bridgehead atoms. The van der Waals surface area contributed by atoms with Crippen molar-refractivity contribution >= 4 is 11.0 Å². The van der Waals surface area contributed by atoms with E-state index in [2.05, 4.69) is 39.8 Å². The predicted molar refractivity (Wildman–Crippen MR) is 136 cm³/mol. The van der Waals surface area contributed by atoms with Crippen LogP contribution in [-0.2, 0) is 0 Å². The average molecular weight is 455 g/mol. The highest BCUT2D eigenvalue weighted by Gasteiger charge is 2.18. The zero-order valence-corrected chi connectivity index (χ0v) is 20.9. The van der Waals surface area contributed by atoms with Gasteiger partial charge in [-0.2, -0.15) is 0 Å². The van der Waals surface area contributed by atoms with Crippen molar-refractivity contribution in [1.82, 2.24) is 0 Å². The molecule has 0 aliphatic carbocycles. The summed E-state index contributed by atoms with van der Waals surface area (Å²) in [4.78, 5) is 12.8. The number of fused-ring (bicyclic) bond motifs is 1. The summed E-state index contributed by atoms with van der Waals surface area (Å²) in [5.74, 6) is 1.16. The van der Waals surface area contributed by atoms with E-state index < -0.39 is 5.63 Å². The number of benzene rings is 1. The summed E-state index contributed by atoms with van der Waals surface area (Å²) in [6.07, 6.45) is 12.0. The summed E-state index contributed by atoms with van der Waals surface area (Å²) in [5.41, 5.74) is 2.41. The maximum absolute atomic E-state index is 12.8. The third-order valence-corrected chi connectivity index (χ3v) is 4.85. The van der Waals surface area contributed by atoms with Crippen molar-refractivity contribution in [2.24, 2.45) is 0 Å². The SMILES string of the molecule is CCC=CCCOc1c(OCC=C(C)CCC=C(C)C)c2ccc(OC(C)C)cc2oc1=O. The van der Waals surface area contributed by atoms with Crippen molar-refractivity contribution in [3.63, 3.8) is 0 Å². The molecule has 0 atom stereocenters. The lowest BCUT2D eigenvalue weighted by Crippen LogP contribution is -2.11. The summed E-state index contributed by atoms with van der Waals surface area (Å²) in [6, 6.07) is 5.42. The Kier molecular flexibility index (Phi) is 10.8. The topological polar surface area (TPSA) is 57.9 Å². The van der Waals surface area contributed by atoms with Crippen LogP contribution >= 0.6 is 0 Å². The highest BCUT2D eigenvalue weighted by molar-refractivity contribution is 5.86. The van der Waals surface area contributed by atoms with E-state index in [1.165, 1.54) is 11.1 Å². The minimum atomic E-state index is -0.553. The molecule has 5 nitrogen and oxygen atoms in total. The Labute approximate surface area is 197 Å². The highest BCUT2D eigenvalue weighted by Crippen LogP contribution is 2.35. The van der Waals surface area contributed by atoms with Gasteiger partial charge in [0.1, 0.15) is 17.9 Å². The van der Waals surface area contributed by atoms with E-state index in [0.29, 0.717) is 42.1 Å². The van der Waals surface area contributed by atoms with E-state index in [-0.39, 0.29) is 11.9 Å². The second-order valence-electron chi connectivity index (χ2n) is 8.57. The first-order valence-electron chi connectivity index (χ1n) is 11.8. The molecule has 0 saturated heterocycles. The summed E-state index contributed by atoms with van der Waals surface area (Å²) in [7, 11) is 0. The summed E-state index contributed by atoms with van der Waals surface area (Å²) in [6.45, 7) is 13.0. The molecule has 1 heterocycles. The van der Waals surface area contributed by atoms with Gasteiger partial charge in [0, 0.05) is 6.07 Å². The maximum Gasteiger partial charge on any atom is 0.383 e. The van der Waals surface area contributed by atoms with Crippen molar-refractivity contribution in [2.75, 3.05) is 13.2 Å².